The highest BCUT2D eigenvalue weighted by molar-refractivity contribution is 5.94. The molecule has 86 valence electrons. The number of carbonyl (C=O) groups excluding carboxylic acids is 1. The summed E-state index contributed by atoms with van der Waals surface area (Å²) >= 11 is 0. The minimum atomic E-state index is -0.0594. The number of nitrogens with zero attached hydrogens (tertiary/aromatic N) is 1. The predicted octanol–water partition coefficient (Wildman–Crippen LogP) is 1.55. The summed E-state index contributed by atoms with van der Waals surface area (Å²) in [7, 11) is 1.89. The standard InChI is InChI=1S/C12H22N2O/c1-6-12(3,4)14(5)11(15)9(2)10-7-13-8-10/h13H,6-8H2,1-5H3. The number of nitrogens with one attached hydrogen (secondary N) is 1. The highest BCUT2D eigenvalue weighted by Crippen LogP contribution is 2.20. The average molecular weight is 210 g/mol. The molecule has 0 aromatic heterocycles. The summed E-state index contributed by atoms with van der Waals surface area (Å²) < 4.78 is 0. The zero-order valence-electron chi connectivity index (χ0n) is 10.5. The maximum atomic E-state index is 12.1. The van der Waals surface area contributed by atoms with Crippen molar-refractivity contribution in [1.82, 2.24) is 10.2 Å². The van der Waals surface area contributed by atoms with E-state index in [0.29, 0.717) is 0 Å². The summed E-state index contributed by atoms with van der Waals surface area (Å²) in [5.74, 6) is 0.165. The van der Waals surface area contributed by atoms with Crippen LogP contribution in [0.4, 0.5) is 0 Å². The molecule has 1 heterocycles. The Hall–Kier alpha value is -0.830. The van der Waals surface area contributed by atoms with Crippen LogP contribution in [0.2, 0.25) is 0 Å². The van der Waals surface area contributed by atoms with Gasteiger partial charge in [-0.05, 0) is 32.8 Å². The molecule has 1 N–H and O–H groups in total. The summed E-state index contributed by atoms with van der Waals surface area (Å²) in [6.07, 6.45) is 0.968. The Morgan fingerprint density at radius 2 is 2.00 bits per heavy atom. The smallest absolute Gasteiger partial charge is 0.249 e. The topological polar surface area (TPSA) is 32.3 Å². The Morgan fingerprint density at radius 1 is 1.47 bits per heavy atom. The number of amides is 1. The quantitative estimate of drug-likeness (QED) is 0.717. The molecule has 1 aliphatic heterocycles. The minimum absolute atomic E-state index is 0.0594. The van der Waals surface area contributed by atoms with Crippen LogP contribution in [0.15, 0.2) is 11.1 Å². The van der Waals surface area contributed by atoms with Crippen LogP contribution < -0.4 is 5.32 Å². The van der Waals surface area contributed by atoms with Gasteiger partial charge in [0.05, 0.1) is 0 Å². The van der Waals surface area contributed by atoms with Gasteiger partial charge >= 0.3 is 0 Å². The first kappa shape index (κ1) is 12.2. The molecule has 0 saturated carbocycles. The highest BCUT2D eigenvalue weighted by atomic mass is 16.2. The molecule has 0 aromatic rings. The summed E-state index contributed by atoms with van der Waals surface area (Å²) in [6.45, 7) is 9.98. The van der Waals surface area contributed by atoms with Gasteiger partial charge in [0.2, 0.25) is 5.91 Å². The molecule has 1 rings (SSSR count). The Bertz CT molecular complexity index is 286. The third-order valence-electron chi connectivity index (χ3n) is 3.61. The molecule has 0 unspecified atom stereocenters. The predicted molar refractivity (Wildman–Crippen MR) is 62.7 cm³/mol. The molecule has 0 atom stereocenters. The van der Waals surface area contributed by atoms with Gasteiger partial charge in [0, 0.05) is 31.2 Å². The van der Waals surface area contributed by atoms with E-state index in [9.17, 15) is 4.79 Å². The van der Waals surface area contributed by atoms with Crippen molar-refractivity contribution in [2.75, 3.05) is 20.1 Å². The molecule has 1 fully saturated rings. The average Bonchev–Trinajstić information content (AvgIpc) is 2.12. The van der Waals surface area contributed by atoms with Crippen LogP contribution in [0.25, 0.3) is 0 Å². The molecule has 0 aliphatic carbocycles. The molecular formula is C12H22N2O. The van der Waals surface area contributed by atoms with Crippen LogP contribution in [-0.2, 0) is 4.79 Å². The summed E-state index contributed by atoms with van der Waals surface area (Å²) in [5, 5.41) is 3.16. The van der Waals surface area contributed by atoms with E-state index in [4.69, 9.17) is 0 Å². The molecule has 3 nitrogen and oxygen atoms in total. The molecular weight excluding hydrogens is 188 g/mol. The van der Waals surface area contributed by atoms with Gasteiger partial charge in [-0.25, -0.2) is 0 Å². The molecule has 0 aromatic carbocycles. The lowest BCUT2D eigenvalue weighted by Crippen LogP contribution is -2.46. The second kappa shape index (κ2) is 4.35. The molecule has 15 heavy (non-hydrogen) atoms. The van der Waals surface area contributed by atoms with Crippen molar-refractivity contribution in [3.63, 3.8) is 0 Å². The van der Waals surface area contributed by atoms with Crippen molar-refractivity contribution < 1.29 is 4.79 Å². The van der Waals surface area contributed by atoms with Gasteiger partial charge in [-0.2, -0.15) is 0 Å². The summed E-state index contributed by atoms with van der Waals surface area (Å²) in [6, 6.07) is 0. The SMILES string of the molecule is CCC(C)(C)N(C)C(=O)C(C)=C1CNC1. The Morgan fingerprint density at radius 3 is 2.33 bits per heavy atom. The van der Waals surface area contributed by atoms with Crippen LogP contribution in [0.1, 0.15) is 34.1 Å². The third kappa shape index (κ3) is 2.40. The lowest BCUT2D eigenvalue weighted by atomic mass is 9.97. The number of carbonyl (C=O) groups is 1. The fraction of sp³-hybridized carbons (Fsp3) is 0.750. The largest absolute Gasteiger partial charge is 0.337 e. The van der Waals surface area contributed by atoms with E-state index < -0.39 is 0 Å². The number of hydrogen-bond acceptors (Lipinski definition) is 2. The van der Waals surface area contributed by atoms with Gasteiger partial charge in [-0.1, -0.05) is 6.92 Å². The van der Waals surface area contributed by atoms with E-state index in [1.165, 1.54) is 5.57 Å². The monoisotopic (exact) mass is 210 g/mol. The van der Waals surface area contributed by atoms with Gasteiger partial charge in [0.25, 0.3) is 0 Å². The molecule has 0 bridgehead atoms. The van der Waals surface area contributed by atoms with E-state index in [0.717, 1.165) is 25.1 Å². The zero-order valence-corrected chi connectivity index (χ0v) is 10.5. The van der Waals surface area contributed by atoms with Gasteiger partial charge in [0.15, 0.2) is 0 Å². The number of likely N-dealkylation sites (N-methyl/N-ethyl adjacent to an activating group) is 1. The van der Waals surface area contributed by atoms with Gasteiger partial charge in [-0.3, -0.25) is 4.79 Å². The van der Waals surface area contributed by atoms with E-state index >= 15 is 0 Å². The van der Waals surface area contributed by atoms with Crippen LogP contribution in [-0.4, -0.2) is 36.5 Å². The van der Waals surface area contributed by atoms with E-state index in [1.807, 2.05) is 18.9 Å². The fourth-order valence-corrected chi connectivity index (χ4v) is 1.43. The second-order valence-corrected chi connectivity index (χ2v) is 4.86. The van der Waals surface area contributed by atoms with Crippen molar-refractivity contribution >= 4 is 5.91 Å². The van der Waals surface area contributed by atoms with Gasteiger partial charge in [0.1, 0.15) is 0 Å². The first-order chi connectivity index (χ1) is 6.90. The summed E-state index contributed by atoms with van der Waals surface area (Å²) in [4.78, 5) is 14.0. The summed E-state index contributed by atoms with van der Waals surface area (Å²) in [5.41, 5.74) is 2.10. The maximum Gasteiger partial charge on any atom is 0.249 e. The normalized spacial score (nSPS) is 15.9. The molecule has 1 amide bonds. The zero-order chi connectivity index (χ0) is 11.6. The second-order valence-electron chi connectivity index (χ2n) is 4.86. The van der Waals surface area contributed by atoms with Crippen molar-refractivity contribution in [2.24, 2.45) is 0 Å². The first-order valence-corrected chi connectivity index (χ1v) is 5.57. The highest BCUT2D eigenvalue weighted by Gasteiger charge is 2.28. The van der Waals surface area contributed by atoms with Crippen molar-refractivity contribution in [3.8, 4) is 0 Å². The molecule has 1 aliphatic rings. The number of rotatable bonds is 3. The fourth-order valence-electron chi connectivity index (χ4n) is 1.43. The van der Waals surface area contributed by atoms with Gasteiger partial charge in [-0.15, -0.1) is 0 Å². The van der Waals surface area contributed by atoms with E-state index in [-0.39, 0.29) is 11.4 Å². The molecule has 3 heteroatoms. The van der Waals surface area contributed by atoms with Crippen LogP contribution in [0, 0.1) is 0 Å². The first-order valence-electron chi connectivity index (χ1n) is 5.57. The lowest BCUT2D eigenvalue weighted by Gasteiger charge is -2.36. The third-order valence-corrected chi connectivity index (χ3v) is 3.61. The van der Waals surface area contributed by atoms with Crippen molar-refractivity contribution in [3.05, 3.63) is 11.1 Å². The van der Waals surface area contributed by atoms with E-state index in [2.05, 4.69) is 26.1 Å². The molecule has 0 spiro atoms. The Labute approximate surface area is 92.5 Å². The van der Waals surface area contributed by atoms with Crippen molar-refractivity contribution in [1.29, 1.82) is 0 Å². The van der Waals surface area contributed by atoms with Crippen LogP contribution in [0.3, 0.4) is 0 Å². The minimum Gasteiger partial charge on any atom is -0.337 e. The number of hydrogen-bond donors (Lipinski definition) is 1. The molecule has 0 radical (unpaired) electrons. The maximum absolute atomic E-state index is 12.1. The van der Waals surface area contributed by atoms with E-state index in [1.54, 1.807) is 0 Å². The Kier molecular flexibility index (Phi) is 3.55. The van der Waals surface area contributed by atoms with Crippen LogP contribution >= 0.6 is 0 Å². The van der Waals surface area contributed by atoms with Gasteiger partial charge < -0.3 is 10.2 Å². The lowest BCUT2D eigenvalue weighted by molar-refractivity contribution is -0.130. The molecule has 1 saturated heterocycles. The van der Waals surface area contributed by atoms with Crippen LogP contribution in [0.5, 0.6) is 0 Å². The van der Waals surface area contributed by atoms with Crippen molar-refractivity contribution in [2.45, 2.75) is 39.7 Å². The Balaban J connectivity index is 2.76.